The van der Waals surface area contributed by atoms with Crippen molar-refractivity contribution in [1.29, 1.82) is 0 Å². The van der Waals surface area contributed by atoms with Crippen LogP contribution in [0.1, 0.15) is 6.42 Å². The summed E-state index contributed by atoms with van der Waals surface area (Å²) in [7, 11) is 1.56. The fourth-order valence-corrected chi connectivity index (χ4v) is 3.37. The van der Waals surface area contributed by atoms with Crippen molar-refractivity contribution in [2.24, 2.45) is 0 Å². The van der Waals surface area contributed by atoms with Crippen LogP contribution in [0.25, 0.3) is 0 Å². The second kappa shape index (κ2) is 9.23. The number of carboxylic acid groups (broad SMARTS) is 1. The van der Waals surface area contributed by atoms with Crippen LogP contribution in [-0.4, -0.2) is 67.5 Å². The molecule has 1 aliphatic rings. The van der Waals surface area contributed by atoms with E-state index in [-0.39, 0.29) is 0 Å². The van der Waals surface area contributed by atoms with E-state index >= 15 is 0 Å². The average Bonchev–Trinajstić information content (AvgIpc) is 2.72. The van der Waals surface area contributed by atoms with Crippen LogP contribution in [0, 0.1) is 0 Å². The Kier molecular flexibility index (Phi) is 6.49. The first-order chi connectivity index (χ1) is 13.2. The molecule has 1 N–H and O–H groups in total. The van der Waals surface area contributed by atoms with Crippen molar-refractivity contribution < 1.29 is 14.6 Å². The van der Waals surface area contributed by atoms with Crippen molar-refractivity contribution in [1.82, 2.24) is 9.88 Å². The van der Waals surface area contributed by atoms with Crippen LogP contribution in [0.3, 0.4) is 0 Å². The lowest BCUT2D eigenvalue weighted by Crippen LogP contribution is -2.47. The lowest BCUT2D eigenvalue weighted by atomic mass is 10.2. The molecule has 1 fully saturated rings. The number of pyridine rings is 1. The van der Waals surface area contributed by atoms with Crippen molar-refractivity contribution in [2.45, 2.75) is 6.42 Å². The number of amides is 1. The number of rotatable bonds is 7. The van der Waals surface area contributed by atoms with Gasteiger partial charge in [-0.25, -0.2) is 9.78 Å². The molecule has 27 heavy (non-hydrogen) atoms. The number of methoxy groups -OCH3 is 1. The number of piperazine rings is 1. The zero-order valence-electron chi connectivity index (χ0n) is 15.6. The Labute approximate surface area is 159 Å². The van der Waals surface area contributed by atoms with Gasteiger partial charge < -0.3 is 14.7 Å². The maximum atomic E-state index is 11.7. The summed E-state index contributed by atoms with van der Waals surface area (Å²) in [5.41, 5.74) is 0.590. The van der Waals surface area contributed by atoms with Gasteiger partial charge in [-0.05, 0) is 37.2 Å². The third-order valence-electron chi connectivity index (χ3n) is 4.81. The van der Waals surface area contributed by atoms with E-state index < -0.39 is 6.09 Å². The minimum Gasteiger partial charge on any atom is -0.495 e. The number of nitrogens with zero attached hydrogens (tertiary/aromatic N) is 4. The zero-order chi connectivity index (χ0) is 19.1. The summed E-state index contributed by atoms with van der Waals surface area (Å²) in [6, 6.07) is 13.2. The maximum absolute atomic E-state index is 11.7. The Hall–Kier alpha value is -2.80. The van der Waals surface area contributed by atoms with E-state index in [1.54, 1.807) is 19.2 Å². The molecule has 2 heterocycles. The highest BCUT2D eigenvalue weighted by Gasteiger charge is 2.20. The third-order valence-corrected chi connectivity index (χ3v) is 4.81. The average molecular weight is 370 g/mol. The monoisotopic (exact) mass is 370 g/mol. The molecule has 1 saturated heterocycles. The standard InChI is InChI=1S/C20H26N4O3/c1-27-18-8-3-2-7-17(18)24(20(25)26)12-6-11-22-13-15-23(16-14-22)19-9-4-5-10-21-19/h2-5,7-10H,6,11-16H2,1H3,(H,25,26). The van der Waals surface area contributed by atoms with Gasteiger partial charge in [0.25, 0.3) is 0 Å². The number of aromatic nitrogens is 1. The molecule has 3 rings (SSSR count). The SMILES string of the molecule is COc1ccccc1N(CCCN1CCN(c2ccccn2)CC1)C(=O)O. The first-order valence-electron chi connectivity index (χ1n) is 9.21. The highest BCUT2D eigenvalue weighted by Crippen LogP contribution is 2.27. The quantitative estimate of drug-likeness (QED) is 0.808. The topological polar surface area (TPSA) is 69.1 Å². The van der Waals surface area contributed by atoms with Crippen LogP contribution in [0.4, 0.5) is 16.3 Å². The van der Waals surface area contributed by atoms with Crippen molar-refractivity contribution >= 4 is 17.6 Å². The number of anilines is 2. The van der Waals surface area contributed by atoms with Gasteiger partial charge in [0.2, 0.25) is 0 Å². The molecular formula is C20H26N4O3. The van der Waals surface area contributed by atoms with E-state index in [0.29, 0.717) is 18.0 Å². The first-order valence-corrected chi connectivity index (χ1v) is 9.21. The van der Waals surface area contributed by atoms with Crippen LogP contribution in [0.15, 0.2) is 48.7 Å². The molecule has 0 saturated carbocycles. The van der Waals surface area contributed by atoms with Crippen LogP contribution in [0.2, 0.25) is 0 Å². The molecule has 7 nitrogen and oxygen atoms in total. The van der Waals surface area contributed by atoms with Crippen molar-refractivity contribution in [3.8, 4) is 5.75 Å². The van der Waals surface area contributed by atoms with Crippen molar-refractivity contribution in [2.75, 3.05) is 56.2 Å². The van der Waals surface area contributed by atoms with E-state index in [1.807, 2.05) is 36.5 Å². The summed E-state index contributed by atoms with van der Waals surface area (Å²) in [4.78, 5) is 22.1. The third kappa shape index (κ3) is 4.89. The summed E-state index contributed by atoms with van der Waals surface area (Å²) in [5.74, 6) is 1.59. The highest BCUT2D eigenvalue weighted by atomic mass is 16.5. The second-order valence-corrected chi connectivity index (χ2v) is 6.48. The number of para-hydroxylation sites is 2. The number of hydrogen-bond donors (Lipinski definition) is 1. The maximum Gasteiger partial charge on any atom is 0.411 e. The molecular weight excluding hydrogens is 344 g/mol. The number of carbonyl (C=O) groups is 1. The molecule has 0 spiro atoms. The van der Waals surface area contributed by atoms with Gasteiger partial charge in [-0.2, -0.15) is 0 Å². The Bertz CT molecular complexity index is 733. The van der Waals surface area contributed by atoms with E-state index in [2.05, 4.69) is 14.8 Å². The predicted octanol–water partition coefficient (Wildman–Crippen LogP) is 2.79. The van der Waals surface area contributed by atoms with Crippen LogP contribution >= 0.6 is 0 Å². The van der Waals surface area contributed by atoms with Crippen molar-refractivity contribution in [3.05, 3.63) is 48.7 Å². The van der Waals surface area contributed by atoms with E-state index in [4.69, 9.17) is 4.74 Å². The predicted molar refractivity (Wildman–Crippen MR) is 106 cm³/mol. The Morgan fingerprint density at radius 3 is 2.56 bits per heavy atom. The van der Waals surface area contributed by atoms with Crippen LogP contribution in [-0.2, 0) is 0 Å². The number of ether oxygens (including phenoxy) is 1. The Morgan fingerprint density at radius 2 is 1.89 bits per heavy atom. The van der Waals surface area contributed by atoms with Gasteiger partial charge in [-0.15, -0.1) is 0 Å². The van der Waals surface area contributed by atoms with Gasteiger partial charge in [0.05, 0.1) is 12.8 Å². The molecule has 1 aromatic heterocycles. The minimum atomic E-state index is -0.959. The molecule has 0 aliphatic carbocycles. The van der Waals surface area contributed by atoms with Gasteiger partial charge in [0.1, 0.15) is 11.6 Å². The molecule has 0 unspecified atom stereocenters. The molecule has 0 bridgehead atoms. The van der Waals surface area contributed by atoms with Crippen LogP contribution < -0.4 is 14.5 Å². The number of hydrogen-bond acceptors (Lipinski definition) is 5. The van der Waals surface area contributed by atoms with Gasteiger partial charge in [-0.1, -0.05) is 18.2 Å². The minimum absolute atomic E-state index is 0.441. The van der Waals surface area contributed by atoms with Gasteiger partial charge in [0.15, 0.2) is 0 Å². The van der Waals surface area contributed by atoms with Crippen molar-refractivity contribution in [3.63, 3.8) is 0 Å². The molecule has 0 radical (unpaired) electrons. The lowest BCUT2D eigenvalue weighted by molar-refractivity contribution is 0.200. The summed E-state index contributed by atoms with van der Waals surface area (Å²) in [6.07, 6.45) is 1.63. The molecule has 7 heteroatoms. The summed E-state index contributed by atoms with van der Waals surface area (Å²) < 4.78 is 5.30. The zero-order valence-corrected chi connectivity index (χ0v) is 15.6. The summed E-state index contributed by atoms with van der Waals surface area (Å²) in [6.45, 7) is 5.10. The lowest BCUT2D eigenvalue weighted by Gasteiger charge is -2.35. The first kappa shape index (κ1) is 19.0. The molecule has 1 aliphatic heterocycles. The molecule has 2 aromatic rings. The fraction of sp³-hybridized carbons (Fsp3) is 0.400. The van der Waals surface area contributed by atoms with Gasteiger partial charge in [-0.3, -0.25) is 9.80 Å². The number of benzene rings is 1. The van der Waals surface area contributed by atoms with Gasteiger partial charge >= 0.3 is 6.09 Å². The van der Waals surface area contributed by atoms with E-state index in [1.165, 1.54) is 4.90 Å². The van der Waals surface area contributed by atoms with E-state index in [0.717, 1.165) is 45.0 Å². The van der Waals surface area contributed by atoms with E-state index in [9.17, 15) is 9.90 Å². The molecule has 1 amide bonds. The fourth-order valence-electron chi connectivity index (χ4n) is 3.37. The van der Waals surface area contributed by atoms with Gasteiger partial charge in [0, 0.05) is 38.9 Å². The van der Waals surface area contributed by atoms with Crippen LogP contribution in [0.5, 0.6) is 5.75 Å². The smallest absolute Gasteiger partial charge is 0.411 e. The molecule has 144 valence electrons. The normalized spacial score (nSPS) is 14.8. The summed E-state index contributed by atoms with van der Waals surface area (Å²) in [5, 5.41) is 9.59. The molecule has 0 atom stereocenters. The summed E-state index contributed by atoms with van der Waals surface area (Å²) >= 11 is 0. The highest BCUT2D eigenvalue weighted by molar-refractivity contribution is 5.88. The second-order valence-electron chi connectivity index (χ2n) is 6.48. The Morgan fingerprint density at radius 1 is 1.15 bits per heavy atom. The largest absolute Gasteiger partial charge is 0.495 e. The Balaban J connectivity index is 1.49. The molecule has 1 aromatic carbocycles.